The van der Waals surface area contributed by atoms with Crippen molar-refractivity contribution in [1.29, 1.82) is 0 Å². The van der Waals surface area contributed by atoms with Crippen LogP contribution in [0.3, 0.4) is 0 Å². The monoisotopic (exact) mass is 339 g/mol. The van der Waals surface area contributed by atoms with E-state index >= 15 is 0 Å². The summed E-state index contributed by atoms with van der Waals surface area (Å²) in [6, 6.07) is 8.08. The van der Waals surface area contributed by atoms with E-state index < -0.39 is 0 Å². The predicted molar refractivity (Wildman–Crippen MR) is 93.1 cm³/mol. The van der Waals surface area contributed by atoms with Gasteiger partial charge in [-0.3, -0.25) is 4.79 Å². The van der Waals surface area contributed by atoms with Crippen LogP contribution in [-0.2, 0) is 24.9 Å². The first-order valence-electron chi connectivity index (χ1n) is 8.35. The average Bonchev–Trinajstić information content (AvgIpc) is 3.17. The number of carbonyl (C=O) groups is 1. The van der Waals surface area contributed by atoms with Crippen molar-refractivity contribution in [2.75, 3.05) is 13.7 Å². The molecule has 3 heterocycles. The summed E-state index contributed by atoms with van der Waals surface area (Å²) in [6.07, 6.45) is 1.91. The van der Waals surface area contributed by atoms with Crippen molar-refractivity contribution in [1.82, 2.24) is 24.2 Å². The molecule has 4 rings (SSSR count). The molecule has 0 radical (unpaired) electrons. The van der Waals surface area contributed by atoms with Gasteiger partial charge in [0.2, 0.25) is 0 Å². The normalized spacial score (nSPS) is 17.1. The lowest BCUT2D eigenvalue weighted by molar-refractivity contribution is 0.0677. The second kappa shape index (κ2) is 6.00. The van der Waals surface area contributed by atoms with Crippen LogP contribution in [-0.4, -0.2) is 43.8 Å². The van der Waals surface area contributed by atoms with E-state index in [2.05, 4.69) is 21.7 Å². The first-order chi connectivity index (χ1) is 12.1. The standard InChI is InChI=1S/C18H21N5O2/c1-12-8-22(10-16-19-20-17(11-25-3)23(12)16)18(24)14-9-21(2)15-7-5-4-6-13(14)15/h4-7,9,12H,8,10-11H2,1-3H3/t12-/m0/s1. The van der Waals surface area contributed by atoms with Crippen LogP contribution in [0.5, 0.6) is 0 Å². The number of amides is 1. The average molecular weight is 339 g/mol. The summed E-state index contributed by atoms with van der Waals surface area (Å²) in [5.41, 5.74) is 1.79. The molecule has 0 N–H and O–H groups in total. The number of hydrogen-bond donors (Lipinski definition) is 0. The molecule has 0 aliphatic carbocycles. The number of carbonyl (C=O) groups excluding carboxylic acids is 1. The number of nitrogens with zero attached hydrogens (tertiary/aromatic N) is 5. The van der Waals surface area contributed by atoms with Gasteiger partial charge in [-0.25, -0.2) is 0 Å². The highest BCUT2D eigenvalue weighted by Gasteiger charge is 2.30. The van der Waals surface area contributed by atoms with Crippen molar-refractivity contribution >= 4 is 16.8 Å². The van der Waals surface area contributed by atoms with Gasteiger partial charge in [-0.05, 0) is 13.0 Å². The zero-order chi connectivity index (χ0) is 17.6. The molecule has 1 atom stereocenters. The van der Waals surface area contributed by atoms with Gasteiger partial charge in [-0.1, -0.05) is 18.2 Å². The molecule has 0 bridgehead atoms. The Morgan fingerprint density at radius 2 is 2.12 bits per heavy atom. The van der Waals surface area contributed by atoms with Crippen molar-refractivity contribution in [3.63, 3.8) is 0 Å². The van der Waals surface area contributed by atoms with Gasteiger partial charge < -0.3 is 18.8 Å². The third kappa shape index (κ3) is 2.51. The summed E-state index contributed by atoms with van der Waals surface area (Å²) in [6.45, 7) is 3.59. The highest BCUT2D eigenvalue weighted by Crippen LogP contribution is 2.26. The maximum atomic E-state index is 13.1. The number of rotatable bonds is 3. The van der Waals surface area contributed by atoms with Gasteiger partial charge in [0.1, 0.15) is 6.61 Å². The van der Waals surface area contributed by atoms with E-state index in [-0.39, 0.29) is 11.9 Å². The molecule has 0 spiro atoms. The molecule has 7 nitrogen and oxygen atoms in total. The van der Waals surface area contributed by atoms with Crippen molar-refractivity contribution in [2.24, 2.45) is 7.05 Å². The summed E-state index contributed by atoms with van der Waals surface area (Å²) < 4.78 is 9.26. The summed E-state index contributed by atoms with van der Waals surface area (Å²) in [5, 5.41) is 9.44. The third-order valence-electron chi connectivity index (χ3n) is 4.78. The number of benzene rings is 1. The van der Waals surface area contributed by atoms with E-state index in [1.165, 1.54) is 0 Å². The van der Waals surface area contributed by atoms with E-state index in [4.69, 9.17) is 4.74 Å². The second-order valence-electron chi connectivity index (χ2n) is 6.54. The number of ether oxygens (including phenoxy) is 1. The highest BCUT2D eigenvalue weighted by molar-refractivity contribution is 6.07. The Balaban J connectivity index is 1.67. The lowest BCUT2D eigenvalue weighted by Crippen LogP contribution is -2.40. The van der Waals surface area contributed by atoms with Gasteiger partial charge in [0.05, 0.1) is 18.2 Å². The molecule has 7 heteroatoms. The minimum Gasteiger partial charge on any atom is -0.377 e. The van der Waals surface area contributed by atoms with E-state index in [0.717, 1.165) is 28.1 Å². The Morgan fingerprint density at radius 1 is 1.32 bits per heavy atom. The number of aromatic nitrogens is 4. The van der Waals surface area contributed by atoms with Gasteiger partial charge in [0.25, 0.3) is 5.91 Å². The van der Waals surface area contributed by atoms with Gasteiger partial charge in [0.15, 0.2) is 11.6 Å². The minimum atomic E-state index is 0.0335. The minimum absolute atomic E-state index is 0.0335. The molecule has 25 heavy (non-hydrogen) atoms. The Kier molecular flexibility index (Phi) is 3.80. The fourth-order valence-corrected chi connectivity index (χ4v) is 3.68. The van der Waals surface area contributed by atoms with E-state index in [9.17, 15) is 4.79 Å². The molecule has 0 fully saturated rings. The number of para-hydroxylation sites is 1. The molecule has 1 amide bonds. The highest BCUT2D eigenvalue weighted by atomic mass is 16.5. The summed E-state index contributed by atoms with van der Waals surface area (Å²) in [7, 11) is 3.61. The van der Waals surface area contributed by atoms with E-state index in [0.29, 0.717) is 19.7 Å². The molecule has 1 aliphatic rings. The quantitative estimate of drug-likeness (QED) is 0.733. The van der Waals surface area contributed by atoms with Crippen molar-refractivity contribution in [3.05, 3.63) is 47.7 Å². The van der Waals surface area contributed by atoms with Gasteiger partial charge in [-0.15, -0.1) is 10.2 Å². The van der Waals surface area contributed by atoms with Crippen LogP contribution in [0.2, 0.25) is 0 Å². The van der Waals surface area contributed by atoms with Crippen molar-refractivity contribution in [3.8, 4) is 0 Å². The second-order valence-corrected chi connectivity index (χ2v) is 6.54. The molecule has 2 aromatic heterocycles. The zero-order valence-electron chi connectivity index (χ0n) is 14.6. The maximum Gasteiger partial charge on any atom is 0.256 e. The predicted octanol–water partition coefficient (Wildman–Crippen LogP) is 2.13. The van der Waals surface area contributed by atoms with Crippen LogP contribution in [0.4, 0.5) is 0 Å². The zero-order valence-corrected chi connectivity index (χ0v) is 14.6. The fourth-order valence-electron chi connectivity index (χ4n) is 3.68. The number of hydrogen-bond acceptors (Lipinski definition) is 4. The SMILES string of the molecule is COCc1nnc2n1[C@@H](C)CN(C(=O)c1cn(C)c3ccccc13)C2. The molecule has 0 saturated carbocycles. The first-order valence-corrected chi connectivity index (χ1v) is 8.35. The molecule has 130 valence electrons. The Morgan fingerprint density at radius 3 is 2.92 bits per heavy atom. The van der Waals surface area contributed by atoms with Crippen LogP contribution in [0, 0.1) is 0 Å². The van der Waals surface area contributed by atoms with Crippen LogP contribution in [0.15, 0.2) is 30.5 Å². The Bertz CT molecular complexity index is 942. The maximum absolute atomic E-state index is 13.1. The van der Waals surface area contributed by atoms with Gasteiger partial charge >= 0.3 is 0 Å². The molecule has 1 aliphatic heterocycles. The van der Waals surface area contributed by atoms with Crippen molar-refractivity contribution in [2.45, 2.75) is 26.1 Å². The lowest BCUT2D eigenvalue weighted by Gasteiger charge is -2.32. The number of aryl methyl sites for hydroxylation is 1. The molecule has 1 aromatic carbocycles. The van der Waals surface area contributed by atoms with Gasteiger partial charge in [-0.2, -0.15) is 0 Å². The molecule has 0 unspecified atom stereocenters. The topological polar surface area (TPSA) is 65.2 Å². The molecule has 3 aromatic rings. The number of fused-ring (bicyclic) bond motifs is 2. The smallest absolute Gasteiger partial charge is 0.256 e. The fraction of sp³-hybridized carbons (Fsp3) is 0.389. The van der Waals surface area contributed by atoms with Crippen LogP contribution in [0.1, 0.15) is 35.0 Å². The van der Waals surface area contributed by atoms with Crippen molar-refractivity contribution < 1.29 is 9.53 Å². The molecule has 0 saturated heterocycles. The summed E-state index contributed by atoms with van der Waals surface area (Å²) in [5.74, 6) is 1.65. The first kappa shape index (κ1) is 15.8. The lowest BCUT2D eigenvalue weighted by atomic mass is 10.1. The van der Waals surface area contributed by atoms with Crippen LogP contribution >= 0.6 is 0 Å². The van der Waals surface area contributed by atoms with Gasteiger partial charge in [0, 0.05) is 37.8 Å². The van der Waals surface area contributed by atoms with Crippen LogP contribution < -0.4 is 0 Å². The Hall–Kier alpha value is -2.67. The summed E-state index contributed by atoms with van der Waals surface area (Å²) >= 11 is 0. The largest absolute Gasteiger partial charge is 0.377 e. The van der Waals surface area contributed by atoms with E-state index in [1.807, 2.05) is 47.0 Å². The third-order valence-corrected chi connectivity index (χ3v) is 4.78. The van der Waals surface area contributed by atoms with E-state index in [1.54, 1.807) is 7.11 Å². The van der Waals surface area contributed by atoms with Crippen LogP contribution in [0.25, 0.3) is 10.9 Å². The summed E-state index contributed by atoms with van der Waals surface area (Å²) in [4.78, 5) is 15.0. The Labute approximate surface area is 145 Å². The molecular weight excluding hydrogens is 318 g/mol. The molecular formula is C18H21N5O2. The number of methoxy groups -OCH3 is 1.